The average Bonchev–Trinajstić information content (AvgIpc) is 2.50. The molecule has 5 nitrogen and oxygen atoms in total. The Morgan fingerprint density at radius 3 is 2.33 bits per heavy atom. The number of amides is 1. The molecule has 1 amide bonds. The number of carbonyl (C=O) groups is 1. The molecule has 0 aliphatic rings. The fraction of sp³-hybridized carbons (Fsp3) is 0.556. The summed E-state index contributed by atoms with van der Waals surface area (Å²) < 4.78 is 0. The summed E-state index contributed by atoms with van der Waals surface area (Å²) in [6, 6.07) is 10.6. The van der Waals surface area contributed by atoms with E-state index >= 15 is 0 Å². The van der Waals surface area contributed by atoms with Crippen molar-refractivity contribution in [2.45, 2.75) is 45.6 Å². The number of aliphatic imine (C=N–C) groups is 1. The molecule has 1 rings (SSSR count). The lowest BCUT2D eigenvalue weighted by Gasteiger charge is -2.26. The lowest BCUT2D eigenvalue weighted by atomic mass is 9.85. The molecule has 0 radical (unpaired) electrons. The maximum absolute atomic E-state index is 11.6. The molecular weight excluding hydrogens is 415 g/mol. The van der Waals surface area contributed by atoms with Crippen molar-refractivity contribution in [1.29, 1.82) is 0 Å². The van der Waals surface area contributed by atoms with Gasteiger partial charge in [0.1, 0.15) is 0 Å². The molecule has 0 saturated heterocycles. The standard InChI is InChI=1S/C18H30N4O.HI/c1-14(2)22-16(23)11-12-20-17(19-5)21-13-18(3,4)15-9-7-6-8-10-15;/h6-10,14H,11-13H2,1-5H3,(H,22,23)(H2,19,20,21);1H. The Bertz CT molecular complexity index is 515. The Balaban J connectivity index is 0.00000529. The molecule has 0 atom stereocenters. The number of hydrogen-bond donors (Lipinski definition) is 3. The van der Waals surface area contributed by atoms with Crippen LogP contribution in [0.15, 0.2) is 35.3 Å². The van der Waals surface area contributed by atoms with Gasteiger partial charge in [-0.3, -0.25) is 9.79 Å². The van der Waals surface area contributed by atoms with Gasteiger partial charge in [0.05, 0.1) is 0 Å². The van der Waals surface area contributed by atoms with Crippen molar-refractivity contribution in [2.75, 3.05) is 20.1 Å². The molecule has 24 heavy (non-hydrogen) atoms. The van der Waals surface area contributed by atoms with Crippen molar-refractivity contribution < 1.29 is 4.79 Å². The van der Waals surface area contributed by atoms with Crippen molar-refractivity contribution in [3.05, 3.63) is 35.9 Å². The molecule has 0 heterocycles. The summed E-state index contributed by atoms with van der Waals surface area (Å²) in [5.74, 6) is 0.763. The zero-order valence-electron chi connectivity index (χ0n) is 15.3. The van der Waals surface area contributed by atoms with Gasteiger partial charge in [-0.05, 0) is 19.4 Å². The summed E-state index contributed by atoms with van der Waals surface area (Å²) in [5, 5.41) is 9.38. The Kier molecular flexibility index (Phi) is 10.7. The van der Waals surface area contributed by atoms with Crippen molar-refractivity contribution in [3.8, 4) is 0 Å². The molecular formula is C18H31IN4O. The third-order valence-electron chi connectivity index (χ3n) is 3.57. The molecule has 136 valence electrons. The number of hydrogen-bond acceptors (Lipinski definition) is 2. The highest BCUT2D eigenvalue weighted by Crippen LogP contribution is 2.21. The summed E-state index contributed by atoms with van der Waals surface area (Å²) in [6.07, 6.45) is 0.432. The zero-order valence-corrected chi connectivity index (χ0v) is 17.7. The first-order chi connectivity index (χ1) is 10.8. The minimum atomic E-state index is -0.00605. The summed E-state index contributed by atoms with van der Waals surface area (Å²) in [5.41, 5.74) is 1.27. The molecule has 0 unspecified atom stereocenters. The van der Waals surface area contributed by atoms with Crippen LogP contribution in [0.2, 0.25) is 0 Å². The highest BCUT2D eigenvalue weighted by atomic mass is 127. The van der Waals surface area contributed by atoms with Crippen LogP contribution in [0.3, 0.4) is 0 Å². The molecule has 6 heteroatoms. The van der Waals surface area contributed by atoms with Crippen molar-refractivity contribution in [2.24, 2.45) is 4.99 Å². The van der Waals surface area contributed by atoms with Crippen LogP contribution >= 0.6 is 24.0 Å². The third-order valence-corrected chi connectivity index (χ3v) is 3.57. The van der Waals surface area contributed by atoms with E-state index in [9.17, 15) is 4.79 Å². The van der Waals surface area contributed by atoms with Gasteiger partial charge in [0.2, 0.25) is 5.91 Å². The van der Waals surface area contributed by atoms with Gasteiger partial charge in [0.25, 0.3) is 0 Å². The average molecular weight is 446 g/mol. The van der Waals surface area contributed by atoms with E-state index in [1.165, 1.54) is 5.56 Å². The van der Waals surface area contributed by atoms with Crippen molar-refractivity contribution in [1.82, 2.24) is 16.0 Å². The molecule has 0 aliphatic heterocycles. The first-order valence-electron chi connectivity index (χ1n) is 8.14. The number of nitrogens with one attached hydrogen (secondary N) is 3. The van der Waals surface area contributed by atoms with E-state index in [2.05, 4.69) is 59.1 Å². The lowest BCUT2D eigenvalue weighted by Crippen LogP contribution is -2.44. The Morgan fingerprint density at radius 1 is 1.17 bits per heavy atom. The second kappa shape index (κ2) is 11.3. The van der Waals surface area contributed by atoms with Crippen LogP contribution in [0, 0.1) is 0 Å². The van der Waals surface area contributed by atoms with Gasteiger partial charge in [-0.2, -0.15) is 0 Å². The second-order valence-corrected chi connectivity index (χ2v) is 6.57. The SMILES string of the molecule is CN=C(NCCC(=O)NC(C)C)NCC(C)(C)c1ccccc1.I. The van der Waals surface area contributed by atoms with E-state index in [1.807, 2.05) is 19.9 Å². The summed E-state index contributed by atoms with van der Waals surface area (Å²) in [4.78, 5) is 15.8. The molecule has 0 aromatic heterocycles. The van der Waals surface area contributed by atoms with Crippen LogP contribution in [0.25, 0.3) is 0 Å². The van der Waals surface area contributed by atoms with Crippen LogP contribution in [0.4, 0.5) is 0 Å². The van der Waals surface area contributed by atoms with Crippen LogP contribution in [-0.2, 0) is 10.2 Å². The minimum absolute atomic E-state index is 0. The maximum Gasteiger partial charge on any atom is 0.221 e. The topological polar surface area (TPSA) is 65.5 Å². The fourth-order valence-electron chi connectivity index (χ4n) is 2.21. The van der Waals surface area contributed by atoms with E-state index in [1.54, 1.807) is 7.05 Å². The molecule has 3 N–H and O–H groups in total. The largest absolute Gasteiger partial charge is 0.356 e. The molecule has 0 bridgehead atoms. The Morgan fingerprint density at radius 2 is 1.79 bits per heavy atom. The number of rotatable bonds is 7. The first kappa shape index (κ1) is 22.7. The molecule has 0 saturated carbocycles. The fourth-order valence-corrected chi connectivity index (χ4v) is 2.21. The second-order valence-electron chi connectivity index (χ2n) is 6.57. The van der Waals surface area contributed by atoms with E-state index in [-0.39, 0.29) is 41.3 Å². The summed E-state index contributed by atoms with van der Waals surface area (Å²) in [6.45, 7) is 9.62. The van der Waals surface area contributed by atoms with Gasteiger partial charge >= 0.3 is 0 Å². The van der Waals surface area contributed by atoms with E-state index in [4.69, 9.17) is 0 Å². The van der Waals surface area contributed by atoms with E-state index in [0.717, 1.165) is 6.54 Å². The normalized spacial score (nSPS) is 11.7. The van der Waals surface area contributed by atoms with Gasteiger partial charge in [-0.15, -0.1) is 24.0 Å². The van der Waals surface area contributed by atoms with Crippen molar-refractivity contribution >= 4 is 35.8 Å². The van der Waals surface area contributed by atoms with Gasteiger partial charge < -0.3 is 16.0 Å². The van der Waals surface area contributed by atoms with Gasteiger partial charge in [-0.1, -0.05) is 44.2 Å². The first-order valence-corrected chi connectivity index (χ1v) is 8.14. The monoisotopic (exact) mass is 446 g/mol. The Labute approximate surface area is 163 Å². The quantitative estimate of drug-likeness (QED) is 0.343. The van der Waals surface area contributed by atoms with Crippen LogP contribution < -0.4 is 16.0 Å². The lowest BCUT2D eigenvalue weighted by molar-refractivity contribution is -0.121. The Hall–Kier alpha value is -1.31. The summed E-state index contributed by atoms with van der Waals surface area (Å²) >= 11 is 0. The minimum Gasteiger partial charge on any atom is -0.356 e. The maximum atomic E-state index is 11.6. The molecule has 1 aromatic carbocycles. The zero-order chi connectivity index (χ0) is 17.3. The van der Waals surface area contributed by atoms with Crippen LogP contribution in [0.1, 0.15) is 39.7 Å². The molecule has 0 spiro atoms. The number of halogens is 1. The van der Waals surface area contributed by atoms with Crippen molar-refractivity contribution in [3.63, 3.8) is 0 Å². The number of benzene rings is 1. The smallest absolute Gasteiger partial charge is 0.221 e. The highest BCUT2D eigenvalue weighted by molar-refractivity contribution is 14.0. The van der Waals surface area contributed by atoms with Crippen LogP contribution in [-0.4, -0.2) is 38.0 Å². The molecule has 0 aliphatic carbocycles. The number of nitrogens with zero attached hydrogens (tertiary/aromatic N) is 1. The molecule has 0 fully saturated rings. The van der Waals surface area contributed by atoms with E-state index in [0.29, 0.717) is 18.9 Å². The van der Waals surface area contributed by atoms with Gasteiger partial charge in [-0.25, -0.2) is 0 Å². The van der Waals surface area contributed by atoms with Gasteiger partial charge in [0.15, 0.2) is 5.96 Å². The third kappa shape index (κ3) is 8.52. The van der Waals surface area contributed by atoms with Crippen LogP contribution in [0.5, 0.6) is 0 Å². The van der Waals surface area contributed by atoms with E-state index < -0.39 is 0 Å². The predicted molar refractivity (Wildman–Crippen MR) is 112 cm³/mol. The molecule has 1 aromatic rings. The highest BCUT2D eigenvalue weighted by Gasteiger charge is 2.20. The number of carbonyl (C=O) groups excluding carboxylic acids is 1. The predicted octanol–water partition coefficient (Wildman–Crippen LogP) is 2.66. The van der Waals surface area contributed by atoms with Gasteiger partial charge in [0, 0.05) is 38.0 Å². The number of guanidine groups is 1. The summed E-state index contributed by atoms with van der Waals surface area (Å²) in [7, 11) is 1.74.